The van der Waals surface area contributed by atoms with Gasteiger partial charge in [0, 0.05) is 20.3 Å². The van der Waals surface area contributed by atoms with Crippen molar-refractivity contribution in [2.45, 2.75) is 32.6 Å². The van der Waals surface area contributed by atoms with Crippen molar-refractivity contribution < 1.29 is 4.79 Å². The van der Waals surface area contributed by atoms with Crippen LogP contribution in [0.25, 0.3) is 0 Å². The fourth-order valence-corrected chi connectivity index (χ4v) is 0.744. The minimum absolute atomic E-state index is 0.175. The highest BCUT2D eigenvalue weighted by molar-refractivity contribution is 5.83. The zero-order valence-corrected chi connectivity index (χ0v) is 8.21. The molecule has 0 aliphatic rings. The van der Waals surface area contributed by atoms with Gasteiger partial charge in [-0.05, 0) is 12.8 Å². The number of rotatable bonds is 4. The van der Waals surface area contributed by atoms with E-state index in [9.17, 15) is 4.79 Å². The van der Waals surface area contributed by atoms with Crippen LogP contribution in [0.2, 0.25) is 0 Å². The van der Waals surface area contributed by atoms with Crippen LogP contribution in [0.4, 0.5) is 4.79 Å². The Kier molecular flexibility index (Phi) is 6.34. The SMILES string of the molecule is CCCCC/C=N/C(=O)N(C)C. The van der Waals surface area contributed by atoms with E-state index in [1.54, 1.807) is 20.3 Å². The maximum Gasteiger partial charge on any atom is 0.342 e. The number of carbonyl (C=O) groups is 1. The fraction of sp³-hybridized carbons (Fsp3) is 0.778. The van der Waals surface area contributed by atoms with Crippen LogP contribution in [0.15, 0.2) is 4.99 Å². The summed E-state index contributed by atoms with van der Waals surface area (Å²) in [5.74, 6) is 0. The minimum Gasteiger partial charge on any atom is -0.329 e. The van der Waals surface area contributed by atoms with E-state index in [0.717, 1.165) is 12.8 Å². The first-order chi connectivity index (χ1) is 5.68. The van der Waals surface area contributed by atoms with E-state index in [0.29, 0.717) is 0 Å². The summed E-state index contributed by atoms with van der Waals surface area (Å²) in [6.07, 6.45) is 6.16. The van der Waals surface area contributed by atoms with Gasteiger partial charge in [0.2, 0.25) is 0 Å². The standard InChI is InChI=1S/C9H18N2O/c1-4-5-6-7-8-10-9(12)11(2)3/h8H,4-7H2,1-3H3/b10-8+. The lowest BCUT2D eigenvalue weighted by molar-refractivity contribution is 0.227. The molecule has 0 saturated carbocycles. The quantitative estimate of drug-likeness (QED) is 0.470. The number of nitrogens with zero attached hydrogens (tertiary/aromatic N) is 2. The smallest absolute Gasteiger partial charge is 0.329 e. The minimum atomic E-state index is -0.175. The van der Waals surface area contributed by atoms with Crippen LogP contribution in [-0.2, 0) is 0 Å². The first-order valence-corrected chi connectivity index (χ1v) is 4.42. The van der Waals surface area contributed by atoms with E-state index in [1.165, 1.54) is 17.7 Å². The molecule has 0 aromatic carbocycles. The predicted octanol–water partition coefficient (Wildman–Crippen LogP) is 2.32. The molecule has 2 amide bonds. The van der Waals surface area contributed by atoms with Gasteiger partial charge in [-0.2, -0.15) is 0 Å². The van der Waals surface area contributed by atoms with Crippen molar-refractivity contribution in [1.29, 1.82) is 0 Å². The zero-order valence-electron chi connectivity index (χ0n) is 8.21. The number of hydrogen-bond acceptors (Lipinski definition) is 1. The van der Waals surface area contributed by atoms with Crippen LogP contribution in [-0.4, -0.2) is 31.2 Å². The Balaban J connectivity index is 3.42. The average molecular weight is 170 g/mol. The maximum atomic E-state index is 10.9. The number of amides is 2. The Bertz CT molecular complexity index is 153. The van der Waals surface area contributed by atoms with Crippen molar-refractivity contribution >= 4 is 12.2 Å². The summed E-state index contributed by atoms with van der Waals surface area (Å²) in [5.41, 5.74) is 0. The van der Waals surface area contributed by atoms with Crippen molar-refractivity contribution in [2.75, 3.05) is 14.1 Å². The van der Waals surface area contributed by atoms with Crippen LogP contribution < -0.4 is 0 Å². The van der Waals surface area contributed by atoms with Crippen LogP contribution in [0.1, 0.15) is 32.6 Å². The van der Waals surface area contributed by atoms with Crippen molar-refractivity contribution in [3.63, 3.8) is 0 Å². The molecule has 3 nitrogen and oxygen atoms in total. The van der Waals surface area contributed by atoms with Crippen LogP contribution in [0.3, 0.4) is 0 Å². The Morgan fingerprint density at radius 2 is 2.08 bits per heavy atom. The summed E-state index contributed by atoms with van der Waals surface area (Å²) < 4.78 is 0. The van der Waals surface area contributed by atoms with Gasteiger partial charge in [-0.15, -0.1) is 0 Å². The molecule has 0 bridgehead atoms. The number of hydrogen-bond donors (Lipinski definition) is 0. The monoisotopic (exact) mass is 170 g/mol. The van der Waals surface area contributed by atoms with Gasteiger partial charge < -0.3 is 4.90 Å². The molecular formula is C9H18N2O. The third-order valence-corrected chi connectivity index (χ3v) is 1.52. The van der Waals surface area contributed by atoms with Crippen LogP contribution >= 0.6 is 0 Å². The largest absolute Gasteiger partial charge is 0.342 e. The van der Waals surface area contributed by atoms with E-state index in [4.69, 9.17) is 0 Å². The average Bonchev–Trinajstić information content (AvgIpc) is 2.03. The molecule has 0 aromatic heterocycles. The lowest BCUT2D eigenvalue weighted by Crippen LogP contribution is -2.17. The van der Waals surface area contributed by atoms with E-state index in [-0.39, 0.29) is 6.03 Å². The first-order valence-electron chi connectivity index (χ1n) is 4.42. The molecule has 0 radical (unpaired) electrons. The fourth-order valence-electron chi connectivity index (χ4n) is 0.744. The molecule has 0 fully saturated rings. The van der Waals surface area contributed by atoms with Crippen molar-refractivity contribution in [3.05, 3.63) is 0 Å². The molecule has 70 valence electrons. The molecule has 0 N–H and O–H groups in total. The maximum absolute atomic E-state index is 10.9. The Morgan fingerprint density at radius 3 is 2.58 bits per heavy atom. The summed E-state index contributed by atoms with van der Waals surface area (Å²) in [7, 11) is 3.40. The molecule has 0 heterocycles. The summed E-state index contributed by atoms with van der Waals surface area (Å²) in [6, 6.07) is -0.175. The number of carbonyl (C=O) groups excluding carboxylic acids is 1. The normalized spacial score (nSPS) is 10.6. The molecular weight excluding hydrogens is 152 g/mol. The second kappa shape index (κ2) is 6.83. The van der Waals surface area contributed by atoms with Crippen molar-refractivity contribution in [1.82, 2.24) is 4.90 Å². The number of aliphatic imine (C=N–C) groups is 1. The first kappa shape index (κ1) is 11.1. The molecule has 3 heteroatoms. The number of urea groups is 1. The van der Waals surface area contributed by atoms with E-state index in [1.807, 2.05) is 0 Å². The van der Waals surface area contributed by atoms with E-state index >= 15 is 0 Å². The van der Waals surface area contributed by atoms with Crippen LogP contribution in [0, 0.1) is 0 Å². The summed E-state index contributed by atoms with van der Waals surface area (Å²) in [5, 5.41) is 0. The second-order valence-corrected chi connectivity index (χ2v) is 2.98. The third-order valence-electron chi connectivity index (χ3n) is 1.52. The lowest BCUT2D eigenvalue weighted by Gasteiger charge is -2.03. The number of unbranched alkanes of at least 4 members (excludes halogenated alkanes) is 3. The van der Waals surface area contributed by atoms with E-state index < -0.39 is 0 Å². The van der Waals surface area contributed by atoms with Gasteiger partial charge in [-0.1, -0.05) is 19.8 Å². The van der Waals surface area contributed by atoms with Gasteiger partial charge >= 0.3 is 6.03 Å². The van der Waals surface area contributed by atoms with Gasteiger partial charge in [0.1, 0.15) is 0 Å². The molecule has 0 aliphatic heterocycles. The topological polar surface area (TPSA) is 32.7 Å². The highest BCUT2D eigenvalue weighted by Crippen LogP contribution is 1.96. The highest BCUT2D eigenvalue weighted by atomic mass is 16.2. The lowest BCUT2D eigenvalue weighted by atomic mass is 10.2. The van der Waals surface area contributed by atoms with Crippen LogP contribution in [0.5, 0.6) is 0 Å². The van der Waals surface area contributed by atoms with Crippen molar-refractivity contribution in [3.8, 4) is 0 Å². The summed E-state index contributed by atoms with van der Waals surface area (Å²) in [4.78, 5) is 16.1. The Labute approximate surface area is 74.5 Å². The molecule has 0 atom stereocenters. The Hall–Kier alpha value is -0.860. The molecule has 0 rings (SSSR count). The van der Waals surface area contributed by atoms with Crippen molar-refractivity contribution in [2.24, 2.45) is 4.99 Å². The summed E-state index contributed by atoms with van der Waals surface area (Å²) in [6.45, 7) is 2.15. The molecule has 0 aromatic rings. The molecule has 0 aliphatic carbocycles. The zero-order chi connectivity index (χ0) is 9.40. The van der Waals surface area contributed by atoms with Gasteiger partial charge in [0.25, 0.3) is 0 Å². The van der Waals surface area contributed by atoms with Gasteiger partial charge in [-0.25, -0.2) is 9.79 Å². The molecule has 0 saturated heterocycles. The summed E-state index contributed by atoms with van der Waals surface area (Å²) >= 11 is 0. The van der Waals surface area contributed by atoms with Gasteiger partial charge in [0.05, 0.1) is 0 Å². The molecule has 0 unspecified atom stereocenters. The highest BCUT2D eigenvalue weighted by Gasteiger charge is 1.96. The molecule has 0 spiro atoms. The third kappa shape index (κ3) is 5.89. The second-order valence-electron chi connectivity index (χ2n) is 2.98. The van der Waals surface area contributed by atoms with Gasteiger partial charge in [0.15, 0.2) is 0 Å². The Morgan fingerprint density at radius 1 is 1.42 bits per heavy atom. The predicted molar refractivity (Wildman–Crippen MR) is 51.7 cm³/mol. The van der Waals surface area contributed by atoms with E-state index in [2.05, 4.69) is 11.9 Å². The molecule has 12 heavy (non-hydrogen) atoms. The van der Waals surface area contributed by atoms with Gasteiger partial charge in [-0.3, -0.25) is 0 Å².